The molecule has 34 heavy (non-hydrogen) atoms. The molecule has 3 N–H and O–H groups in total. The molecule has 1 aliphatic rings. The largest absolute Gasteiger partial charge is 0.421 e. The van der Waals surface area contributed by atoms with E-state index in [9.17, 15) is 4.39 Å². The Kier molecular flexibility index (Phi) is 5.84. The van der Waals surface area contributed by atoms with E-state index in [1.165, 1.54) is 6.07 Å². The minimum Gasteiger partial charge on any atom is -0.421 e. The van der Waals surface area contributed by atoms with Crippen molar-refractivity contribution >= 4 is 34.4 Å². The van der Waals surface area contributed by atoms with Crippen molar-refractivity contribution in [1.82, 2.24) is 25.1 Å². The summed E-state index contributed by atoms with van der Waals surface area (Å²) in [5.74, 6) is -0.130. The quantitative estimate of drug-likeness (QED) is 0.378. The van der Waals surface area contributed by atoms with Crippen LogP contribution in [0.3, 0.4) is 0 Å². The molecule has 0 saturated carbocycles. The predicted molar refractivity (Wildman–Crippen MR) is 125 cm³/mol. The molecule has 4 aromatic rings. The van der Waals surface area contributed by atoms with Gasteiger partial charge in [-0.15, -0.1) is 0 Å². The summed E-state index contributed by atoms with van der Waals surface area (Å²) < 4.78 is 40.8. The second kappa shape index (κ2) is 9.10. The van der Waals surface area contributed by atoms with Gasteiger partial charge in [-0.3, -0.25) is 5.10 Å². The molecule has 9 nitrogen and oxygen atoms in total. The van der Waals surface area contributed by atoms with Crippen molar-refractivity contribution in [2.75, 3.05) is 36.5 Å². The summed E-state index contributed by atoms with van der Waals surface area (Å²) in [5.41, 5.74) is 1.54. The number of rotatable bonds is 6. The third-order valence-electron chi connectivity index (χ3n) is 5.33. The summed E-state index contributed by atoms with van der Waals surface area (Å²) in [6, 6.07) is 5.95. The number of aryl methyl sites for hydroxylation is 1. The van der Waals surface area contributed by atoms with Gasteiger partial charge < -0.3 is 24.7 Å². The Morgan fingerprint density at radius 2 is 1.94 bits per heavy atom. The minimum absolute atomic E-state index is 0.0863. The number of hydrogen-bond acceptors (Lipinski definition) is 7. The maximum atomic E-state index is 15.1. The molecule has 1 aromatic carbocycles. The lowest BCUT2D eigenvalue weighted by molar-refractivity contribution is 0.122. The van der Waals surface area contributed by atoms with E-state index in [1.807, 2.05) is 30.0 Å². The zero-order valence-corrected chi connectivity index (χ0v) is 18.7. The van der Waals surface area contributed by atoms with E-state index in [1.54, 1.807) is 13.0 Å². The van der Waals surface area contributed by atoms with E-state index < -0.39 is 11.6 Å². The van der Waals surface area contributed by atoms with Crippen molar-refractivity contribution in [3.63, 3.8) is 0 Å². The molecule has 11 heteroatoms. The standard InChI is InChI=1S/C23H23F2N7O2/c1-3-4-14-10-19(31-30-14)27-18-12-20(32-5-7-33-8-6-32)29-23(28-18)34-17-11-16(24)22-15(21(17)25)9-13(2)26-22/h3-4,9-12,26H,5-8H2,1-2H3,(H2,27,28,29,30,31)/b4-3+. The highest BCUT2D eigenvalue weighted by molar-refractivity contribution is 5.83. The van der Waals surface area contributed by atoms with E-state index in [2.05, 4.69) is 30.5 Å². The van der Waals surface area contributed by atoms with Gasteiger partial charge in [0.1, 0.15) is 11.6 Å². The van der Waals surface area contributed by atoms with Crippen molar-refractivity contribution in [2.24, 2.45) is 0 Å². The molecule has 0 unspecified atom stereocenters. The molecule has 1 fully saturated rings. The molecule has 0 amide bonds. The molecule has 0 radical (unpaired) electrons. The van der Waals surface area contributed by atoms with Crippen LogP contribution in [0.2, 0.25) is 0 Å². The molecule has 5 rings (SSSR count). The van der Waals surface area contributed by atoms with E-state index in [0.29, 0.717) is 49.5 Å². The first-order chi connectivity index (χ1) is 16.5. The lowest BCUT2D eigenvalue weighted by Gasteiger charge is -2.28. The fourth-order valence-corrected chi connectivity index (χ4v) is 3.78. The van der Waals surface area contributed by atoms with Crippen LogP contribution in [0.1, 0.15) is 18.3 Å². The number of hydrogen-bond donors (Lipinski definition) is 3. The topological polar surface area (TPSA) is 104 Å². The molecule has 1 saturated heterocycles. The van der Waals surface area contributed by atoms with Crippen molar-refractivity contribution in [1.29, 1.82) is 0 Å². The maximum Gasteiger partial charge on any atom is 0.326 e. The number of morpholine rings is 1. The monoisotopic (exact) mass is 467 g/mol. The van der Waals surface area contributed by atoms with Crippen LogP contribution >= 0.6 is 0 Å². The number of aromatic nitrogens is 5. The first kappa shape index (κ1) is 21.8. The summed E-state index contributed by atoms with van der Waals surface area (Å²) in [7, 11) is 0. The van der Waals surface area contributed by atoms with Gasteiger partial charge >= 0.3 is 6.01 Å². The number of benzene rings is 1. The Labute approximate surface area is 193 Å². The fraction of sp³-hybridized carbons (Fsp3) is 0.261. The number of nitrogens with zero attached hydrogens (tertiary/aromatic N) is 4. The van der Waals surface area contributed by atoms with Crippen molar-refractivity contribution in [3.8, 4) is 11.8 Å². The zero-order chi connectivity index (χ0) is 23.7. The van der Waals surface area contributed by atoms with E-state index >= 15 is 4.39 Å². The first-order valence-electron chi connectivity index (χ1n) is 10.8. The molecular formula is C23H23F2N7O2. The first-order valence-corrected chi connectivity index (χ1v) is 10.8. The highest BCUT2D eigenvalue weighted by Crippen LogP contribution is 2.33. The van der Waals surface area contributed by atoms with Crippen LogP contribution in [0.5, 0.6) is 11.8 Å². The summed E-state index contributed by atoms with van der Waals surface area (Å²) in [6.45, 7) is 5.99. The number of halogens is 2. The van der Waals surface area contributed by atoms with Gasteiger partial charge in [0.2, 0.25) is 0 Å². The van der Waals surface area contributed by atoms with Crippen LogP contribution < -0.4 is 15.0 Å². The Morgan fingerprint density at radius 1 is 1.12 bits per heavy atom. The molecule has 3 aromatic heterocycles. The van der Waals surface area contributed by atoms with Crippen molar-refractivity contribution in [2.45, 2.75) is 13.8 Å². The number of fused-ring (bicyclic) bond motifs is 1. The summed E-state index contributed by atoms with van der Waals surface area (Å²) in [4.78, 5) is 13.6. The lowest BCUT2D eigenvalue weighted by Crippen LogP contribution is -2.36. The van der Waals surface area contributed by atoms with Gasteiger partial charge in [-0.1, -0.05) is 6.08 Å². The number of anilines is 3. The van der Waals surface area contributed by atoms with E-state index in [4.69, 9.17) is 9.47 Å². The number of aromatic amines is 2. The number of H-pyrrole nitrogens is 2. The van der Waals surface area contributed by atoms with Gasteiger partial charge in [0.15, 0.2) is 23.2 Å². The van der Waals surface area contributed by atoms with E-state index in [-0.39, 0.29) is 22.7 Å². The predicted octanol–water partition coefficient (Wildman–Crippen LogP) is 4.67. The molecule has 176 valence electrons. The van der Waals surface area contributed by atoms with Gasteiger partial charge in [0.25, 0.3) is 0 Å². The minimum atomic E-state index is -0.695. The average molecular weight is 467 g/mol. The normalized spacial score (nSPS) is 14.3. The molecule has 0 atom stereocenters. The molecule has 1 aliphatic heterocycles. The average Bonchev–Trinajstić information content (AvgIpc) is 3.44. The molecule has 4 heterocycles. The Hall–Kier alpha value is -3.99. The highest BCUT2D eigenvalue weighted by atomic mass is 19.1. The lowest BCUT2D eigenvalue weighted by atomic mass is 10.2. The number of nitrogens with one attached hydrogen (secondary N) is 3. The summed E-state index contributed by atoms with van der Waals surface area (Å²) >= 11 is 0. The SMILES string of the molecule is C/C=C/c1cc(Nc2cc(N3CCOCC3)nc(Oc3cc(F)c4[nH]c(C)cc4c3F)n2)n[nH]1. The highest BCUT2D eigenvalue weighted by Gasteiger charge is 2.20. The number of allylic oxidation sites excluding steroid dienone is 1. The molecule has 0 spiro atoms. The third-order valence-corrected chi connectivity index (χ3v) is 5.33. The maximum absolute atomic E-state index is 15.1. The molecule has 0 aliphatic carbocycles. The summed E-state index contributed by atoms with van der Waals surface area (Å²) in [5, 5.41) is 10.3. The van der Waals surface area contributed by atoms with Gasteiger partial charge in [0, 0.05) is 42.4 Å². The second-order valence-electron chi connectivity index (χ2n) is 7.84. The Morgan fingerprint density at radius 3 is 2.74 bits per heavy atom. The van der Waals surface area contributed by atoms with Crippen LogP contribution in [-0.2, 0) is 4.74 Å². The van der Waals surface area contributed by atoms with Gasteiger partial charge in [-0.2, -0.15) is 15.1 Å². The van der Waals surface area contributed by atoms with Crippen LogP contribution in [0.15, 0.2) is 30.3 Å². The van der Waals surface area contributed by atoms with Gasteiger partial charge in [-0.25, -0.2) is 8.78 Å². The Bertz CT molecular complexity index is 1360. The van der Waals surface area contributed by atoms with Crippen molar-refractivity contribution in [3.05, 3.63) is 53.4 Å². The van der Waals surface area contributed by atoms with E-state index in [0.717, 1.165) is 11.8 Å². The van der Waals surface area contributed by atoms with Crippen molar-refractivity contribution < 1.29 is 18.3 Å². The third kappa shape index (κ3) is 4.42. The second-order valence-corrected chi connectivity index (χ2v) is 7.84. The van der Waals surface area contributed by atoms with Crippen LogP contribution in [0, 0.1) is 18.6 Å². The van der Waals surface area contributed by atoms with Crippen LogP contribution in [0.4, 0.5) is 26.2 Å². The smallest absolute Gasteiger partial charge is 0.326 e. The van der Waals surface area contributed by atoms with Gasteiger partial charge in [-0.05, 0) is 26.0 Å². The summed E-state index contributed by atoms with van der Waals surface area (Å²) in [6.07, 6.45) is 3.77. The molecular weight excluding hydrogens is 444 g/mol. The number of ether oxygens (including phenoxy) is 2. The fourth-order valence-electron chi connectivity index (χ4n) is 3.78. The van der Waals surface area contributed by atoms with Crippen LogP contribution in [-0.4, -0.2) is 51.5 Å². The molecule has 0 bridgehead atoms. The van der Waals surface area contributed by atoms with Gasteiger partial charge in [0.05, 0.1) is 24.4 Å². The zero-order valence-electron chi connectivity index (χ0n) is 18.7. The Balaban J connectivity index is 1.51. The van der Waals surface area contributed by atoms with Crippen LogP contribution in [0.25, 0.3) is 17.0 Å².